The molecule has 1 aromatic carbocycles. The van der Waals surface area contributed by atoms with E-state index in [1.54, 1.807) is 11.3 Å². The molecule has 0 saturated heterocycles. The van der Waals surface area contributed by atoms with Crippen LogP contribution in [-0.2, 0) is 4.79 Å². The first-order valence-electron chi connectivity index (χ1n) is 9.66. The summed E-state index contributed by atoms with van der Waals surface area (Å²) in [5.41, 5.74) is 6.42. The van der Waals surface area contributed by atoms with Crippen molar-refractivity contribution >= 4 is 50.4 Å². The molecule has 7 heteroatoms. The number of nitrogens with zero attached hydrogens (tertiary/aromatic N) is 3. The van der Waals surface area contributed by atoms with Gasteiger partial charge in [-0.25, -0.2) is 0 Å². The van der Waals surface area contributed by atoms with Gasteiger partial charge in [-0.1, -0.05) is 36.4 Å². The maximum atomic E-state index is 13.1. The highest BCUT2D eigenvalue weighted by atomic mass is 32.2. The fourth-order valence-electron chi connectivity index (χ4n) is 3.77. The number of hydrogen-bond donors (Lipinski definition) is 1. The zero-order valence-corrected chi connectivity index (χ0v) is 18.9. The number of hydrogen-bond acceptors (Lipinski definition) is 5. The van der Waals surface area contributed by atoms with E-state index in [4.69, 9.17) is 0 Å². The number of amides is 1. The Bertz CT molecular complexity index is 1200. The summed E-state index contributed by atoms with van der Waals surface area (Å²) in [5.74, 6) is 0.850. The monoisotopic (exact) mass is 424 g/mol. The number of fused-ring (bicyclic) bond motifs is 3. The van der Waals surface area contributed by atoms with Crippen molar-refractivity contribution in [2.24, 2.45) is 0 Å². The van der Waals surface area contributed by atoms with Gasteiger partial charge in [-0.3, -0.25) is 9.20 Å². The number of carbonyl (C=O) groups excluding carboxylic acids is 1. The lowest BCUT2D eigenvalue weighted by Crippen LogP contribution is -2.25. The molecule has 5 nitrogen and oxygen atoms in total. The Labute approximate surface area is 178 Å². The number of anilines is 1. The highest BCUT2D eigenvalue weighted by molar-refractivity contribution is 8.00. The number of thioether (sulfide) groups is 1. The molecular weight excluding hydrogens is 400 g/mol. The Morgan fingerprint density at radius 1 is 1.14 bits per heavy atom. The number of rotatable bonds is 5. The maximum absolute atomic E-state index is 13.1. The Kier molecular flexibility index (Phi) is 5.36. The number of carbonyl (C=O) groups is 1. The number of nitrogens with one attached hydrogen (secondary N) is 1. The first-order chi connectivity index (χ1) is 13.9. The second-order valence-electron chi connectivity index (χ2n) is 7.37. The van der Waals surface area contributed by atoms with E-state index in [1.165, 1.54) is 22.0 Å². The van der Waals surface area contributed by atoms with E-state index < -0.39 is 0 Å². The molecule has 0 bridgehead atoms. The molecule has 1 N–H and O–H groups in total. The van der Waals surface area contributed by atoms with Crippen LogP contribution >= 0.6 is 23.1 Å². The lowest BCUT2D eigenvalue weighted by molar-refractivity contribution is -0.115. The van der Waals surface area contributed by atoms with Crippen molar-refractivity contribution in [2.45, 2.75) is 51.3 Å². The highest BCUT2D eigenvalue weighted by Gasteiger charge is 2.23. The number of thiophene rings is 1. The van der Waals surface area contributed by atoms with Crippen LogP contribution in [0.5, 0.6) is 0 Å². The van der Waals surface area contributed by atoms with Crippen LogP contribution in [0.15, 0.2) is 34.7 Å². The van der Waals surface area contributed by atoms with Crippen LogP contribution in [0.1, 0.15) is 35.9 Å². The lowest BCUT2D eigenvalue weighted by atomic mass is 10.0. The van der Waals surface area contributed by atoms with Crippen LogP contribution in [0.25, 0.3) is 15.7 Å². The van der Waals surface area contributed by atoms with E-state index in [9.17, 15) is 4.79 Å². The van der Waals surface area contributed by atoms with Crippen molar-refractivity contribution in [1.82, 2.24) is 14.6 Å². The minimum Gasteiger partial charge on any atom is -0.325 e. The highest BCUT2D eigenvalue weighted by Crippen LogP contribution is 2.34. The molecule has 3 heterocycles. The first-order valence-corrected chi connectivity index (χ1v) is 11.4. The lowest BCUT2D eigenvalue weighted by Gasteiger charge is -2.18. The summed E-state index contributed by atoms with van der Waals surface area (Å²) in [6.07, 6.45) is 0.706. The topological polar surface area (TPSA) is 59.3 Å². The van der Waals surface area contributed by atoms with Crippen LogP contribution in [0.4, 0.5) is 5.69 Å². The van der Waals surface area contributed by atoms with Crippen molar-refractivity contribution in [1.29, 1.82) is 0 Å². The van der Waals surface area contributed by atoms with Gasteiger partial charge in [0.25, 0.3) is 0 Å². The maximum Gasteiger partial charge on any atom is 0.237 e. The molecule has 0 unspecified atom stereocenters. The van der Waals surface area contributed by atoms with Gasteiger partial charge in [-0.05, 0) is 62.8 Å². The Hall–Kier alpha value is -2.38. The third-order valence-corrected chi connectivity index (χ3v) is 7.29. The quantitative estimate of drug-likeness (QED) is 0.418. The van der Waals surface area contributed by atoms with Gasteiger partial charge < -0.3 is 5.32 Å². The molecule has 0 aliphatic carbocycles. The van der Waals surface area contributed by atoms with Crippen LogP contribution in [0.2, 0.25) is 0 Å². The minimum atomic E-state index is -0.246. The van der Waals surface area contributed by atoms with Crippen molar-refractivity contribution in [3.63, 3.8) is 0 Å². The Morgan fingerprint density at radius 2 is 1.86 bits per heavy atom. The molecule has 4 rings (SSSR count). The number of aromatic nitrogens is 3. The van der Waals surface area contributed by atoms with Gasteiger partial charge in [0.15, 0.2) is 0 Å². The fraction of sp³-hybridized carbons (Fsp3) is 0.318. The largest absolute Gasteiger partial charge is 0.325 e. The normalized spacial score (nSPS) is 12.6. The van der Waals surface area contributed by atoms with Gasteiger partial charge >= 0.3 is 0 Å². The molecule has 0 aliphatic rings. The fourth-order valence-corrected chi connectivity index (χ4v) is 5.53. The van der Waals surface area contributed by atoms with E-state index in [0.29, 0.717) is 6.42 Å². The predicted molar refractivity (Wildman–Crippen MR) is 122 cm³/mol. The molecule has 29 heavy (non-hydrogen) atoms. The second kappa shape index (κ2) is 7.80. The third-order valence-electron chi connectivity index (χ3n) is 5.09. The van der Waals surface area contributed by atoms with Crippen LogP contribution in [0, 0.1) is 27.7 Å². The average molecular weight is 425 g/mol. The van der Waals surface area contributed by atoms with Crippen molar-refractivity contribution < 1.29 is 4.79 Å². The minimum absolute atomic E-state index is 0.00134. The van der Waals surface area contributed by atoms with Crippen molar-refractivity contribution in [3.8, 4) is 0 Å². The summed E-state index contributed by atoms with van der Waals surface area (Å²) in [6.45, 7) is 10.1. The zero-order chi connectivity index (χ0) is 20.7. The predicted octanol–water partition coefficient (Wildman–Crippen LogP) is 5.69. The van der Waals surface area contributed by atoms with Crippen LogP contribution in [-0.4, -0.2) is 25.8 Å². The summed E-state index contributed by atoms with van der Waals surface area (Å²) in [6, 6.07) is 8.43. The number of aryl methyl sites for hydroxylation is 4. The molecule has 0 aliphatic heterocycles. The van der Waals surface area contributed by atoms with Gasteiger partial charge in [0.2, 0.25) is 5.91 Å². The van der Waals surface area contributed by atoms with Gasteiger partial charge in [-0.15, -0.1) is 21.5 Å². The number of benzene rings is 1. The molecule has 1 amide bonds. The van der Waals surface area contributed by atoms with Crippen LogP contribution in [0.3, 0.4) is 0 Å². The smallest absolute Gasteiger partial charge is 0.237 e. The van der Waals surface area contributed by atoms with E-state index in [0.717, 1.165) is 38.7 Å². The Balaban J connectivity index is 1.64. The molecule has 0 spiro atoms. The molecule has 150 valence electrons. The van der Waals surface area contributed by atoms with Crippen molar-refractivity contribution in [2.75, 3.05) is 5.32 Å². The molecule has 0 saturated carbocycles. The standard InChI is InChI=1S/C22H24N4OS2/c1-6-18(21(27)23-20-13(3)9-12(2)10-14(20)4)29-22-17-11-19-16(7-8-28-19)26(17)15(5)24-25-22/h7-11,18H,6H2,1-5H3,(H,23,27)/t18-/m0/s1. The summed E-state index contributed by atoms with van der Waals surface area (Å²) >= 11 is 3.19. The molecule has 1 atom stereocenters. The first kappa shape index (κ1) is 19.9. The van der Waals surface area contributed by atoms with E-state index >= 15 is 0 Å². The molecule has 0 radical (unpaired) electrons. The molecular formula is C22H24N4OS2. The second-order valence-corrected chi connectivity index (χ2v) is 9.50. The molecule has 3 aromatic heterocycles. The summed E-state index contributed by atoms with van der Waals surface area (Å²) in [4.78, 5) is 13.1. The van der Waals surface area contributed by atoms with E-state index in [2.05, 4.69) is 56.5 Å². The average Bonchev–Trinajstić information content (AvgIpc) is 3.25. The van der Waals surface area contributed by atoms with Gasteiger partial charge in [0.05, 0.1) is 21.0 Å². The van der Waals surface area contributed by atoms with Crippen molar-refractivity contribution in [3.05, 3.63) is 52.2 Å². The Morgan fingerprint density at radius 3 is 2.55 bits per heavy atom. The summed E-state index contributed by atoms with van der Waals surface area (Å²) < 4.78 is 3.33. The van der Waals surface area contributed by atoms with Gasteiger partial charge in [-0.2, -0.15) is 0 Å². The van der Waals surface area contributed by atoms with Crippen LogP contribution < -0.4 is 5.32 Å². The summed E-state index contributed by atoms with van der Waals surface area (Å²) in [5, 5.41) is 14.5. The zero-order valence-electron chi connectivity index (χ0n) is 17.2. The summed E-state index contributed by atoms with van der Waals surface area (Å²) in [7, 11) is 0. The van der Waals surface area contributed by atoms with E-state index in [-0.39, 0.29) is 11.2 Å². The molecule has 4 aromatic rings. The van der Waals surface area contributed by atoms with E-state index in [1.807, 2.05) is 27.7 Å². The van der Waals surface area contributed by atoms with Gasteiger partial charge in [0, 0.05) is 5.69 Å². The third kappa shape index (κ3) is 3.65. The van der Waals surface area contributed by atoms with Gasteiger partial charge in [0.1, 0.15) is 10.9 Å². The SMILES string of the molecule is CC[C@H](Sc1nnc(C)n2c1cc1sccc12)C(=O)Nc1c(C)cc(C)cc1C. The molecule has 0 fully saturated rings.